The number of hydrogen-bond donors (Lipinski definition) is 1. The second-order valence-electron chi connectivity index (χ2n) is 5.65. The fourth-order valence-corrected chi connectivity index (χ4v) is 2.54. The van der Waals surface area contributed by atoms with E-state index in [0.29, 0.717) is 27.8 Å². The van der Waals surface area contributed by atoms with Gasteiger partial charge in [0.25, 0.3) is 5.91 Å². The lowest BCUT2D eigenvalue weighted by Gasteiger charge is -2.12. The van der Waals surface area contributed by atoms with Gasteiger partial charge in [-0.05, 0) is 55.0 Å². The Bertz CT molecular complexity index is 883. The third kappa shape index (κ3) is 5.72. The lowest BCUT2D eigenvalue weighted by Crippen LogP contribution is -2.29. The van der Waals surface area contributed by atoms with Crippen LogP contribution in [0.25, 0.3) is 6.08 Å². The van der Waals surface area contributed by atoms with Crippen LogP contribution in [0.1, 0.15) is 12.5 Å². The van der Waals surface area contributed by atoms with Gasteiger partial charge in [0, 0.05) is 11.8 Å². The van der Waals surface area contributed by atoms with Gasteiger partial charge >= 0.3 is 5.97 Å². The van der Waals surface area contributed by atoms with E-state index in [1.165, 1.54) is 57.6 Å². The van der Waals surface area contributed by atoms with Crippen molar-refractivity contribution in [2.45, 2.75) is 13.0 Å². The van der Waals surface area contributed by atoms with E-state index in [4.69, 9.17) is 25.8 Å². The number of hydrogen-bond acceptors (Lipinski definition) is 5. The van der Waals surface area contributed by atoms with Crippen LogP contribution in [0.5, 0.6) is 11.5 Å². The minimum absolute atomic E-state index is 0.321. The van der Waals surface area contributed by atoms with Gasteiger partial charge in [0.05, 0.1) is 19.2 Å². The number of anilines is 1. The summed E-state index contributed by atoms with van der Waals surface area (Å²) in [7, 11) is 2.94. The van der Waals surface area contributed by atoms with Gasteiger partial charge in [0.2, 0.25) is 0 Å². The van der Waals surface area contributed by atoms with Crippen LogP contribution in [-0.4, -0.2) is 32.2 Å². The number of halogens is 2. The number of amides is 1. The average molecular weight is 408 g/mol. The first-order valence-corrected chi connectivity index (χ1v) is 8.58. The molecule has 0 fully saturated rings. The van der Waals surface area contributed by atoms with Crippen LogP contribution in [0.3, 0.4) is 0 Å². The van der Waals surface area contributed by atoms with Gasteiger partial charge in [-0.3, -0.25) is 4.79 Å². The van der Waals surface area contributed by atoms with E-state index in [0.717, 1.165) is 0 Å². The Morgan fingerprint density at radius 2 is 1.82 bits per heavy atom. The Balaban J connectivity index is 1.98. The van der Waals surface area contributed by atoms with Gasteiger partial charge in [-0.25, -0.2) is 9.18 Å². The van der Waals surface area contributed by atoms with E-state index >= 15 is 0 Å². The molecule has 28 heavy (non-hydrogen) atoms. The molecule has 0 aromatic heterocycles. The second kappa shape index (κ2) is 9.75. The number of benzene rings is 2. The van der Waals surface area contributed by atoms with E-state index in [1.54, 1.807) is 12.1 Å². The third-order valence-electron chi connectivity index (χ3n) is 3.64. The Hall–Kier alpha value is -3.06. The fraction of sp³-hybridized carbons (Fsp3) is 0.200. The summed E-state index contributed by atoms with van der Waals surface area (Å²) in [5.74, 6) is -0.877. The van der Waals surface area contributed by atoms with Crippen LogP contribution in [0.2, 0.25) is 5.02 Å². The minimum Gasteiger partial charge on any atom is -0.493 e. The molecule has 2 rings (SSSR count). The van der Waals surface area contributed by atoms with Crippen LogP contribution in [0.15, 0.2) is 42.5 Å². The predicted octanol–water partition coefficient (Wildman–Crippen LogP) is 4.08. The van der Waals surface area contributed by atoms with Crippen LogP contribution < -0.4 is 14.8 Å². The second-order valence-corrected chi connectivity index (χ2v) is 6.05. The lowest BCUT2D eigenvalue weighted by atomic mass is 10.2. The summed E-state index contributed by atoms with van der Waals surface area (Å²) in [4.78, 5) is 24.0. The number of rotatable bonds is 7. The molecule has 0 aliphatic rings. The van der Waals surface area contributed by atoms with Gasteiger partial charge in [-0.15, -0.1) is 0 Å². The van der Waals surface area contributed by atoms with Crippen molar-refractivity contribution in [3.8, 4) is 11.5 Å². The summed E-state index contributed by atoms with van der Waals surface area (Å²) < 4.78 is 28.3. The molecule has 1 amide bonds. The molecule has 148 valence electrons. The molecule has 0 saturated heterocycles. The summed E-state index contributed by atoms with van der Waals surface area (Å²) >= 11 is 6.11. The zero-order chi connectivity index (χ0) is 20.7. The quantitative estimate of drug-likeness (QED) is 0.553. The molecule has 0 unspecified atom stereocenters. The van der Waals surface area contributed by atoms with Crippen molar-refractivity contribution in [2.24, 2.45) is 0 Å². The number of carbonyl (C=O) groups is 2. The van der Waals surface area contributed by atoms with E-state index < -0.39 is 23.8 Å². The first-order chi connectivity index (χ1) is 13.3. The Morgan fingerprint density at radius 3 is 2.43 bits per heavy atom. The van der Waals surface area contributed by atoms with Crippen LogP contribution in [-0.2, 0) is 14.3 Å². The topological polar surface area (TPSA) is 73.9 Å². The number of nitrogens with one attached hydrogen (secondary N) is 1. The summed E-state index contributed by atoms with van der Waals surface area (Å²) in [6.07, 6.45) is 1.59. The number of ether oxygens (including phenoxy) is 3. The van der Waals surface area contributed by atoms with Crippen molar-refractivity contribution in [1.29, 1.82) is 0 Å². The molecule has 8 heteroatoms. The molecule has 0 radical (unpaired) electrons. The molecule has 2 aromatic rings. The summed E-state index contributed by atoms with van der Waals surface area (Å²) in [6.45, 7) is 1.43. The first-order valence-electron chi connectivity index (χ1n) is 8.20. The van der Waals surface area contributed by atoms with Crippen molar-refractivity contribution in [3.63, 3.8) is 0 Å². The van der Waals surface area contributed by atoms with Gasteiger partial charge in [0.15, 0.2) is 17.6 Å². The first kappa shape index (κ1) is 21.2. The largest absolute Gasteiger partial charge is 0.493 e. The SMILES string of the molecule is COc1cc(/C=C/C(=O)O[C@@H](C)C(=O)Nc2ccc(F)cc2)cc(Cl)c1OC. The highest BCUT2D eigenvalue weighted by Gasteiger charge is 2.17. The Morgan fingerprint density at radius 1 is 1.14 bits per heavy atom. The molecular weight excluding hydrogens is 389 g/mol. The molecule has 1 N–H and O–H groups in total. The van der Waals surface area contributed by atoms with Crippen molar-refractivity contribution in [1.82, 2.24) is 0 Å². The maximum absolute atomic E-state index is 12.9. The predicted molar refractivity (Wildman–Crippen MR) is 104 cm³/mol. The molecule has 0 aliphatic heterocycles. The fourth-order valence-electron chi connectivity index (χ4n) is 2.24. The van der Waals surface area contributed by atoms with Gasteiger partial charge in [-0.2, -0.15) is 0 Å². The molecule has 0 bridgehead atoms. The Labute approximate surface area is 166 Å². The van der Waals surface area contributed by atoms with Gasteiger partial charge in [0.1, 0.15) is 5.82 Å². The van der Waals surface area contributed by atoms with Crippen LogP contribution >= 0.6 is 11.6 Å². The molecule has 1 atom stereocenters. The summed E-state index contributed by atoms with van der Waals surface area (Å²) in [5, 5.41) is 2.85. The number of esters is 1. The van der Waals surface area contributed by atoms with E-state index in [1.807, 2.05) is 0 Å². The summed E-state index contributed by atoms with van der Waals surface area (Å²) in [6, 6.07) is 8.47. The van der Waals surface area contributed by atoms with Gasteiger partial charge in [-0.1, -0.05) is 11.6 Å². The zero-order valence-corrected chi connectivity index (χ0v) is 16.2. The highest BCUT2D eigenvalue weighted by Crippen LogP contribution is 2.36. The van der Waals surface area contributed by atoms with Crippen LogP contribution in [0.4, 0.5) is 10.1 Å². The standard InChI is InChI=1S/C20H19ClFNO5/c1-12(20(25)23-15-7-5-14(22)6-8-15)28-18(24)9-4-13-10-16(21)19(27-3)17(11-13)26-2/h4-12H,1-3H3,(H,23,25)/b9-4+/t12-/m0/s1. The van der Waals surface area contributed by atoms with Crippen molar-refractivity contribution in [3.05, 3.63) is 58.9 Å². The van der Waals surface area contributed by atoms with E-state index in [-0.39, 0.29) is 0 Å². The lowest BCUT2D eigenvalue weighted by molar-refractivity contribution is -0.148. The molecule has 2 aromatic carbocycles. The van der Waals surface area contributed by atoms with Crippen molar-refractivity contribution in [2.75, 3.05) is 19.5 Å². The molecule has 0 heterocycles. The normalized spacial score (nSPS) is 11.8. The van der Waals surface area contributed by atoms with E-state index in [9.17, 15) is 14.0 Å². The monoisotopic (exact) mass is 407 g/mol. The smallest absolute Gasteiger partial charge is 0.331 e. The Kier molecular flexibility index (Phi) is 7.40. The van der Waals surface area contributed by atoms with Gasteiger partial charge < -0.3 is 19.5 Å². The average Bonchev–Trinajstić information content (AvgIpc) is 2.67. The minimum atomic E-state index is -1.05. The summed E-state index contributed by atoms with van der Waals surface area (Å²) in [5.41, 5.74) is 0.979. The maximum atomic E-state index is 12.9. The maximum Gasteiger partial charge on any atom is 0.331 e. The molecular formula is C20H19ClFNO5. The number of methoxy groups -OCH3 is 2. The molecule has 0 spiro atoms. The van der Waals surface area contributed by atoms with Crippen molar-refractivity contribution >= 4 is 35.2 Å². The molecule has 6 nitrogen and oxygen atoms in total. The third-order valence-corrected chi connectivity index (χ3v) is 3.92. The highest BCUT2D eigenvalue weighted by molar-refractivity contribution is 6.32. The van der Waals surface area contributed by atoms with Crippen molar-refractivity contribution < 1.29 is 28.2 Å². The zero-order valence-electron chi connectivity index (χ0n) is 15.5. The molecule has 0 saturated carbocycles. The molecule has 0 aliphatic carbocycles. The highest BCUT2D eigenvalue weighted by atomic mass is 35.5. The van der Waals surface area contributed by atoms with E-state index in [2.05, 4.69) is 5.32 Å². The van der Waals surface area contributed by atoms with Crippen LogP contribution in [0, 0.1) is 5.82 Å². The number of carbonyl (C=O) groups excluding carboxylic acids is 2.